The SMILES string of the molecule is C#CCCNC(=O)/C=C/C. The van der Waals surface area contributed by atoms with Crippen LogP contribution >= 0.6 is 0 Å². The molecular weight excluding hydrogens is 126 g/mol. The van der Waals surface area contributed by atoms with Gasteiger partial charge in [0.1, 0.15) is 0 Å². The standard InChI is InChI=1S/C8H11NO/c1-3-5-7-9-8(10)6-4-2/h1,4,6H,5,7H2,2H3,(H,9,10)/b6-4+. The van der Waals surface area contributed by atoms with Gasteiger partial charge in [-0.1, -0.05) is 6.08 Å². The van der Waals surface area contributed by atoms with E-state index in [1.165, 1.54) is 6.08 Å². The molecule has 0 heterocycles. The number of carbonyl (C=O) groups excluding carboxylic acids is 1. The van der Waals surface area contributed by atoms with E-state index in [0.29, 0.717) is 13.0 Å². The van der Waals surface area contributed by atoms with Crippen LogP contribution in [0, 0.1) is 12.3 Å². The Morgan fingerprint density at radius 2 is 2.50 bits per heavy atom. The number of rotatable bonds is 3. The predicted octanol–water partition coefficient (Wildman–Crippen LogP) is 0.702. The van der Waals surface area contributed by atoms with Gasteiger partial charge in [0.05, 0.1) is 0 Å². The summed E-state index contributed by atoms with van der Waals surface area (Å²) in [6, 6.07) is 0. The Morgan fingerprint density at radius 1 is 1.80 bits per heavy atom. The summed E-state index contributed by atoms with van der Waals surface area (Å²) in [6.07, 6.45) is 8.71. The van der Waals surface area contributed by atoms with Gasteiger partial charge >= 0.3 is 0 Å². The zero-order chi connectivity index (χ0) is 7.82. The van der Waals surface area contributed by atoms with E-state index >= 15 is 0 Å². The van der Waals surface area contributed by atoms with Crippen molar-refractivity contribution in [2.24, 2.45) is 0 Å². The van der Waals surface area contributed by atoms with Gasteiger partial charge in [0.25, 0.3) is 0 Å². The molecule has 0 aliphatic heterocycles. The van der Waals surface area contributed by atoms with E-state index < -0.39 is 0 Å². The van der Waals surface area contributed by atoms with Gasteiger partial charge in [0.2, 0.25) is 5.91 Å². The summed E-state index contributed by atoms with van der Waals surface area (Å²) in [5, 5.41) is 2.62. The van der Waals surface area contributed by atoms with E-state index in [1.54, 1.807) is 13.0 Å². The summed E-state index contributed by atoms with van der Waals surface area (Å²) in [5.74, 6) is 2.34. The number of terminal acetylenes is 1. The fourth-order valence-electron chi connectivity index (χ4n) is 0.468. The van der Waals surface area contributed by atoms with Gasteiger partial charge in [-0.05, 0) is 13.0 Å². The van der Waals surface area contributed by atoms with Crippen molar-refractivity contribution in [3.63, 3.8) is 0 Å². The monoisotopic (exact) mass is 137 g/mol. The van der Waals surface area contributed by atoms with Gasteiger partial charge in [0.15, 0.2) is 0 Å². The van der Waals surface area contributed by atoms with Crippen LogP contribution in [0.1, 0.15) is 13.3 Å². The number of amides is 1. The largest absolute Gasteiger partial charge is 0.352 e. The maximum absolute atomic E-state index is 10.7. The van der Waals surface area contributed by atoms with E-state index in [9.17, 15) is 4.79 Å². The van der Waals surface area contributed by atoms with Crippen LogP contribution < -0.4 is 5.32 Å². The van der Waals surface area contributed by atoms with E-state index in [2.05, 4.69) is 11.2 Å². The molecule has 0 rings (SSSR count). The molecule has 0 aliphatic carbocycles. The zero-order valence-electron chi connectivity index (χ0n) is 6.05. The second kappa shape index (κ2) is 5.90. The fourth-order valence-corrected chi connectivity index (χ4v) is 0.468. The second-order valence-electron chi connectivity index (χ2n) is 1.75. The molecule has 10 heavy (non-hydrogen) atoms. The Labute approximate surface area is 61.3 Å². The van der Waals surface area contributed by atoms with Crippen LogP contribution in [0.5, 0.6) is 0 Å². The molecule has 0 radical (unpaired) electrons. The normalized spacial score (nSPS) is 9.20. The molecule has 1 N–H and O–H groups in total. The molecule has 2 nitrogen and oxygen atoms in total. The molecule has 0 fully saturated rings. The molecule has 0 saturated heterocycles. The van der Waals surface area contributed by atoms with Crippen LogP contribution in [0.4, 0.5) is 0 Å². The van der Waals surface area contributed by atoms with Gasteiger partial charge in [0, 0.05) is 13.0 Å². The van der Waals surface area contributed by atoms with Gasteiger partial charge in [-0.25, -0.2) is 0 Å². The third-order valence-electron chi connectivity index (χ3n) is 0.887. The summed E-state index contributed by atoms with van der Waals surface area (Å²) < 4.78 is 0. The van der Waals surface area contributed by atoms with Crippen molar-refractivity contribution in [2.75, 3.05) is 6.54 Å². The quantitative estimate of drug-likeness (QED) is 0.346. The van der Waals surface area contributed by atoms with E-state index in [-0.39, 0.29) is 5.91 Å². The molecule has 0 unspecified atom stereocenters. The fraction of sp³-hybridized carbons (Fsp3) is 0.375. The zero-order valence-corrected chi connectivity index (χ0v) is 6.05. The first-order valence-electron chi connectivity index (χ1n) is 3.15. The third kappa shape index (κ3) is 4.92. The Kier molecular flexibility index (Phi) is 5.17. The van der Waals surface area contributed by atoms with Gasteiger partial charge in [-0.15, -0.1) is 12.3 Å². The molecule has 0 aromatic heterocycles. The van der Waals surface area contributed by atoms with Crippen molar-refractivity contribution in [2.45, 2.75) is 13.3 Å². The van der Waals surface area contributed by atoms with Crippen molar-refractivity contribution in [3.8, 4) is 12.3 Å². The van der Waals surface area contributed by atoms with Crippen molar-refractivity contribution in [1.82, 2.24) is 5.32 Å². The first-order valence-corrected chi connectivity index (χ1v) is 3.15. The maximum Gasteiger partial charge on any atom is 0.243 e. The molecule has 1 amide bonds. The van der Waals surface area contributed by atoms with Gasteiger partial charge < -0.3 is 5.32 Å². The predicted molar refractivity (Wildman–Crippen MR) is 41.3 cm³/mol. The van der Waals surface area contributed by atoms with Crippen LogP contribution in [0.25, 0.3) is 0 Å². The lowest BCUT2D eigenvalue weighted by Gasteiger charge is -1.95. The highest BCUT2D eigenvalue weighted by molar-refractivity contribution is 5.87. The molecule has 0 spiro atoms. The lowest BCUT2D eigenvalue weighted by atomic mass is 10.4. The number of carbonyl (C=O) groups is 1. The van der Waals surface area contributed by atoms with Crippen molar-refractivity contribution >= 4 is 5.91 Å². The minimum atomic E-state index is -0.0854. The summed E-state index contributed by atoms with van der Waals surface area (Å²) in [5.41, 5.74) is 0. The molecule has 0 aromatic rings. The first-order chi connectivity index (χ1) is 4.81. The van der Waals surface area contributed by atoms with Crippen molar-refractivity contribution in [3.05, 3.63) is 12.2 Å². The highest BCUT2D eigenvalue weighted by atomic mass is 16.1. The Hall–Kier alpha value is -1.23. The van der Waals surface area contributed by atoms with Crippen LogP contribution in [0.3, 0.4) is 0 Å². The number of hydrogen-bond donors (Lipinski definition) is 1. The van der Waals surface area contributed by atoms with Crippen LogP contribution in [0.15, 0.2) is 12.2 Å². The third-order valence-corrected chi connectivity index (χ3v) is 0.887. The van der Waals surface area contributed by atoms with Gasteiger partial charge in [-0.3, -0.25) is 4.79 Å². The van der Waals surface area contributed by atoms with E-state index in [1.807, 2.05) is 0 Å². The maximum atomic E-state index is 10.7. The van der Waals surface area contributed by atoms with Crippen LogP contribution in [-0.2, 0) is 4.79 Å². The topological polar surface area (TPSA) is 29.1 Å². The Morgan fingerprint density at radius 3 is 3.00 bits per heavy atom. The summed E-state index contributed by atoms with van der Waals surface area (Å²) >= 11 is 0. The Balaban J connectivity index is 3.33. The lowest BCUT2D eigenvalue weighted by molar-refractivity contribution is -0.116. The van der Waals surface area contributed by atoms with Crippen molar-refractivity contribution < 1.29 is 4.79 Å². The van der Waals surface area contributed by atoms with E-state index in [4.69, 9.17) is 6.42 Å². The number of allylic oxidation sites excluding steroid dienone is 1. The summed E-state index contributed by atoms with van der Waals surface area (Å²) in [6.45, 7) is 2.35. The molecular formula is C8H11NO. The average Bonchev–Trinajstić information content (AvgIpc) is 1.89. The number of hydrogen-bond acceptors (Lipinski definition) is 1. The Bertz CT molecular complexity index is 165. The molecule has 0 aliphatic rings. The first kappa shape index (κ1) is 8.77. The molecule has 2 heteroatoms. The lowest BCUT2D eigenvalue weighted by Crippen LogP contribution is -2.21. The number of nitrogens with one attached hydrogen (secondary N) is 1. The van der Waals surface area contributed by atoms with E-state index in [0.717, 1.165) is 0 Å². The minimum Gasteiger partial charge on any atom is -0.352 e. The van der Waals surface area contributed by atoms with Crippen LogP contribution in [-0.4, -0.2) is 12.5 Å². The van der Waals surface area contributed by atoms with Gasteiger partial charge in [-0.2, -0.15) is 0 Å². The average molecular weight is 137 g/mol. The minimum absolute atomic E-state index is 0.0854. The van der Waals surface area contributed by atoms with Crippen molar-refractivity contribution in [1.29, 1.82) is 0 Å². The summed E-state index contributed by atoms with van der Waals surface area (Å²) in [4.78, 5) is 10.7. The summed E-state index contributed by atoms with van der Waals surface area (Å²) in [7, 11) is 0. The smallest absolute Gasteiger partial charge is 0.243 e. The second-order valence-corrected chi connectivity index (χ2v) is 1.75. The molecule has 54 valence electrons. The molecule has 0 atom stereocenters. The highest BCUT2D eigenvalue weighted by Gasteiger charge is 1.89. The molecule has 0 aromatic carbocycles. The molecule has 0 bridgehead atoms. The molecule has 0 saturated carbocycles. The van der Waals surface area contributed by atoms with Crippen LogP contribution in [0.2, 0.25) is 0 Å². The highest BCUT2D eigenvalue weighted by Crippen LogP contribution is 1.73.